The minimum Gasteiger partial charge on any atom is -0.456 e. The van der Waals surface area contributed by atoms with E-state index >= 15 is 4.39 Å². The molecule has 37 heavy (non-hydrogen) atoms. The zero-order valence-electron chi connectivity index (χ0n) is 17.5. The quantitative estimate of drug-likeness (QED) is 0.120. The summed E-state index contributed by atoms with van der Waals surface area (Å²) in [6.07, 6.45) is 0. The monoisotopic (exact) mass is 564 g/mol. The normalized spacial score (nSPS) is 15.4. The predicted molar refractivity (Wildman–Crippen MR) is 110 cm³/mol. The van der Waals surface area contributed by atoms with Crippen LogP contribution in [0.3, 0.4) is 0 Å². The van der Waals surface area contributed by atoms with Crippen LogP contribution in [0.2, 0.25) is 0 Å². The van der Waals surface area contributed by atoms with Crippen molar-refractivity contribution in [1.82, 2.24) is 0 Å². The summed E-state index contributed by atoms with van der Waals surface area (Å²) in [7, 11) is -10.2. The van der Waals surface area contributed by atoms with Crippen molar-refractivity contribution in [3.05, 3.63) is 81.9 Å². The van der Waals surface area contributed by atoms with Crippen LogP contribution in [-0.4, -0.2) is 25.5 Å². The molecule has 5 rings (SSSR count). The maximum atomic E-state index is 15.2. The van der Waals surface area contributed by atoms with Crippen molar-refractivity contribution in [3.63, 3.8) is 0 Å². The predicted octanol–water partition coefficient (Wildman–Crippen LogP) is 3.75. The van der Waals surface area contributed by atoms with E-state index in [0.29, 0.717) is 0 Å². The molecule has 0 radical (unpaired) electrons. The molecule has 194 valence electrons. The van der Waals surface area contributed by atoms with Crippen molar-refractivity contribution in [1.29, 1.82) is 0 Å². The Balaban J connectivity index is 1.84. The van der Waals surface area contributed by atoms with Gasteiger partial charge in [0, 0.05) is 23.3 Å². The van der Waals surface area contributed by atoms with Gasteiger partial charge in [-0.3, -0.25) is 19.6 Å². The Bertz CT molecular complexity index is 1540. The van der Waals surface area contributed by atoms with Crippen LogP contribution < -0.4 is 13.8 Å². The Kier molecular flexibility index (Phi) is 5.47. The number of fused-ring (bicyclic) bond motifs is 6. The molecule has 0 aliphatic carbocycles. The number of benzene rings is 3. The molecule has 0 unspecified atom stereocenters. The molecular weight excluding hydrogens is 554 g/mol. The third-order valence-electron chi connectivity index (χ3n) is 5.40. The van der Waals surface area contributed by atoms with Crippen molar-refractivity contribution in [2.75, 3.05) is 0 Å². The fourth-order valence-corrected chi connectivity index (χ4v) is 4.96. The first-order chi connectivity index (χ1) is 17.1. The first-order valence-electron chi connectivity index (χ1n) is 9.69. The number of phosphoric acid groups is 2. The highest BCUT2D eigenvalue weighted by atomic mass is 31.2. The number of halogens is 4. The molecule has 2 heterocycles. The Morgan fingerprint density at radius 1 is 0.730 bits per heavy atom. The third kappa shape index (κ3) is 3.96. The standard InChI is InChI=1S/C20H10F4O11P2/c21-15-13-14(16(22)18(24)17(15)23)20(33-19(13)25)9-3-1-7(34-36(26,27)28)5-11(9)32-12-6-8(2-4-10(12)20)35-37(29,30)31/h1-6H,(H2,26,27,28)(H2,29,30,31). The first kappa shape index (κ1) is 25.2. The molecule has 17 heteroatoms. The highest BCUT2D eigenvalue weighted by Crippen LogP contribution is 2.59. The zero-order valence-corrected chi connectivity index (χ0v) is 19.3. The Labute approximate surface area is 202 Å². The van der Waals surface area contributed by atoms with E-state index in [4.69, 9.17) is 29.0 Å². The van der Waals surface area contributed by atoms with Crippen molar-refractivity contribution in [2.45, 2.75) is 5.60 Å². The van der Waals surface area contributed by atoms with Crippen LogP contribution in [0, 0.1) is 23.3 Å². The van der Waals surface area contributed by atoms with Gasteiger partial charge in [0.05, 0.1) is 5.56 Å². The Hall–Kier alpha value is -3.45. The smallest absolute Gasteiger partial charge is 0.456 e. The molecular formula is C20H10F4O11P2. The van der Waals surface area contributed by atoms with Gasteiger partial charge in [0.1, 0.15) is 28.6 Å². The third-order valence-corrected chi connectivity index (χ3v) is 6.30. The molecule has 3 aromatic rings. The molecule has 0 saturated heterocycles. The molecule has 2 aliphatic heterocycles. The van der Waals surface area contributed by atoms with Gasteiger partial charge in [-0.2, -0.15) is 0 Å². The van der Waals surface area contributed by atoms with E-state index in [1.54, 1.807) is 0 Å². The van der Waals surface area contributed by atoms with E-state index < -0.39 is 84.6 Å². The van der Waals surface area contributed by atoms with Crippen LogP contribution in [0.15, 0.2) is 36.4 Å². The van der Waals surface area contributed by atoms with Gasteiger partial charge in [-0.1, -0.05) is 0 Å². The lowest BCUT2D eigenvalue weighted by Gasteiger charge is -2.36. The average Bonchev–Trinajstić information content (AvgIpc) is 3.07. The van der Waals surface area contributed by atoms with Gasteiger partial charge in [-0.05, 0) is 24.3 Å². The van der Waals surface area contributed by atoms with Crippen LogP contribution in [0.1, 0.15) is 27.0 Å². The number of phosphoric ester groups is 2. The topological polar surface area (TPSA) is 169 Å². The minimum atomic E-state index is -5.09. The summed E-state index contributed by atoms with van der Waals surface area (Å²) in [6.45, 7) is 0. The summed E-state index contributed by atoms with van der Waals surface area (Å²) in [5.41, 5.74) is -5.53. The molecule has 11 nitrogen and oxygen atoms in total. The molecule has 0 aromatic heterocycles. The summed E-state index contributed by atoms with van der Waals surface area (Å²) in [5.74, 6) is -12.0. The lowest BCUT2D eigenvalue weighted by molar-refractivity contribution is 0.0215. The number of hydrogen-bond donors (Lipinski definition) is 4. The largest absolute Gasteiger partial charge is 0.524 e. The summed E-state index contributed by atoms with van der Waals surface area (Å²) in [4.78, 5) is 49.1. The minimum absolute atomic E-state index is 0.321. The molecule has 0 saturated carbocycles. The van der Waals surface area contributed by atoms with Crippen molar-refractivity contribution in [3.8, 4) is 23.0 Å². The number of carbonyl (C=O) groups is 1. The van der Waals surface area contributed by atoms with Crippen molar-refractivity contribution in [2.24, 2.45) is 0 Å². The lowest BCUT2D eigenvalue weighted by atomic mass is 9.77. The number of ether oxygens (including phenoxy) is 2. The van der Waals surface area contributed by atoms with E-state index in [9.17, 15) is 27.1 Å². The summed E-state index contributed by atoms with van der Waals surface area (Å²) in [6, 6.07) is 5.58. The van der Waals surface area contributed by atoms with Gasteiger partial charge in [-0.25, -0.2) is 31.5 Å². The second-order valence-corrected chi connectivity index (χ2v) is 9.99. The highest BCUT2D eigenvalue weighted by Gasteiger charge is 2.58. The zero-order chi connectivity index (χ0) is 27.1. The molecule has 4 N–H and O–H groups in total. The van der Waals surface area contributed by atoms with Crippen LogP contribution >= 0.6 is 15.6 Å². The second-order valence-electron chi connectivity index (χ2n) is 7.66. The van der Waals surface area contributed by atoms with Gasteiger partial charge >= 0.3 is 21.6 Å². The summed E-state index contributed by atoms with van der Waals surface area (Å²) >= 11 is 0. The van der Waals surface area contributed by atoms with Crippen LogP contribution in [0.4, 0.5) is 17.6 Å². The second kappa shape index (κ2) is 8.02. The average molecular weight is 564 g/mol. The molecule has 1 spiro atoms. The van der Waals surface area contributed by atoms with Gasteiger partial charge in [0.2, 0.25) is 0 Å². The van der Waals surface area contributed by atoms with Gasteiger partial charge in [0.25, 0.3) is 0 Å². The van der Waals surface area contributed by atoms with E-state index in [1.807, 2.05) is 0 Å². The van der Waals surface area contributed by atoms with Crippen LogP contribution in [0.25, 0.3) is 0 Å². The highest BCUT2D eigenvalue weighted by molar-refractivity contribution is 7.47. The van der Waals surface area contributed by atoms with Gasteiger partial charge < -0.3 is 18.5 Å². The summed E-state index contributed by atoms with van der Waals surface area (Å²) < 4.78 is 101. The van der Waals surface area contributed by atoms with E-state index in [2.05, 4.69) is 9.05 Å². The molecule has 2 aliphatic rings. The fourth-order valence-electron chi connectivity index (χ4n) is 4.18. The number of carbonyl (C=O) groups excluding carboxylic acids is 1. The first-order valence-corrected chi connectivity index (χ1v) is 12.8. The molecule has 0 amide bonds. The van der Waals surface area contributed by atoms with Crippen LogP contribution in [0.5, 0.6) is 23.0 Å². The molecule has 0 atom stereocenters. The Morgan fingerprint density at radius 3 is 1.65 bits per heavy atom. The number of hydrogen-bond acceptors (Lipinski definition) is 7. The van der Waals surface area contributed by atoms with Crippen molar-refractivity contribution >= 4 is 21.6 Å². The van der Waals surface area contributed by atoms with E-state index in [-0.39, 0.29) is 11.1 Å². The number of esters is 1. The van der Waals surface area contributed by atoms with E-state index in [0.717, 1.165) is 36.4 Å². The maximum absolute atomic E-state index is 15.2. The van der Waals surface area contributed by atoms with Gasteiger partial charge in [0.15, 0.2) is 28.9 Å². The van der Waals surface area contributed by atoms with Crippen LogP contribution in [-0.2, 0) is 19.5 Å². The molecule has 3 aromatic carbocycles. The molecule has 0 bridgehead atoms. The maximum Gasteiger partial charge on any atom is 0.524 e. The molecule has 0 fully saturated rings. The SMILES string of the molecule is O=C1OC2(c3ccc(OP(=O)(O)O)cc3Oc3cc(OP(=O)(O)O)ccc32)c2c(F)c(F)c(F)c(F)c21. The van der Waals surface area contributed by atoms with E-state index in [1.165, 1.54) is 0 Å². The lowest BCUT2D eigenvalue weighted by Crippen LogP contribution is -2.34. The fraction of sp³-hybridized carbons (Fsp3) is 0.0500. The Morgan fingerprint density at radius 2 is 1.19 bits per heavy atom. The number of rotatable bonds is 4. The van der Waals surface area contributed by atoms with Crippen molar-refractivity contribution < 1.29 is 69.6 Å². The van der Waals surface area contributed by atoms with Gasteiger partial charge in [-0.15, -0.1) is 0 Å². The summed E-state index contributed by atoms with van der Waals surface area (Å²) in [5, 5.41) is 0.